The molecule has 0 aliphatic heterocycles. The van der Waals surface area contributed by atoms with Gasteiger partial charge in [-0.05, 0) is 17.1 Å². The summed E-state index contributed by atoms with van der Waals surface area (Å²) in [6.07, 6.45) is 0. The molecule has 98 valence electrons. The molecule has 0 bridgehead atoms. The lowest BCUT2D eigenvalue weighted by molar-refractivity contribution is 0.461. The molecule has 0 amide bonds. The van der Waals surface area contributed by atoms with Crippen LogP contribution in [0.25, 0.3) is 0 Å². The smallest absolute Gasteiger partial charge is 0.151 e. The van der Waals surface area contributed by atoms with Gasteiger partial charge >= 0.3 is 0 Å². The Bertz CT molecular complexity index is 287. The maximum atomic E-state index is 11.9. The van der Waals surface area contributed by atoms with E-state index in [1.165, 1.54) is 0 Å². The Kier molecular flexibility index (Phi) is 6.41. The first-order valence-electron chi connectivity index (χ1n) is 5.84. The van der Waals surface area contributed by atoms with Crippen LogP contribution in [0.4, 0.5) is 0 Å². The zero-order valence-corrected chi connectivity index (χ0v) is 13.0. The Balaban J connectivity index is 4.16. The van der Waals surface area contributed by atoms with Crippen molar-refractivity contribution >= 4 is 21.6 Å². The number of sulfone groups is 1. The van der Waals surface area contributed by atoms with Gasteiger partial charge in [-0.2, -0.15) is 11.8 Å². The van der Waals surface area contributed by atoms with Crippen molar-refractivity contribution in [2.24, 2.45) is 11.3 Å². The Morgan fingerprint density at radius 3 is 2.00 bits per heavy atom. The molecule has 16 heavy (non-hydrogen) atoms. The van der Waals surface area contributed by atoms with Crippen LogP contribution >= 0.6 is 11.8 Å². The topological polar surface area (TPSA) is 34.1 Å². The summed E-state index contributed by atoms with van der Waals surface area (Å²) in [6, 6.07) is 0. The molecule has 4 heteroatoms. The Hall–Kier alpha value is 0.300. The molecule has 0 radical (unpaired) electrons. The Morgan fingerprint density at radius 2 is 1.62 bits per heavy atom. The van der Waals surface area contributed by atoms with E-state index in [0.29, 0.717) is 11.7 Å². The summed E-state index contributed by atoms with van der Waals surface area (Å²) in [4.78, 5) is 0. The van der Waals surface area contributed by atoms with E-state index in [0.717, 1.165) is 5.75 Å². The first-order chi connectivity index (χ1) is 7.02. The Morgan fingerprint density at radius 1 is 1.12 bits per heavy atom. The SMILES string of the molecule is CC(C)CSC(C)CS(=O)(=O)CC(C)(C)C. The minimum Gasteiger partial charge on any atom is -0.229 e. The van der Waals surface area contributed by atoms with Crippen molar-refractivity contribution < 1.29 is 8.42 Å². The number of hydrogen-bond donors (Lipinski definition) is 0. The highest BCUT2D eigenvalue weighted by molar-refractivity contribution is 8.01. The molecule has 0 aromatic heterocycles. The fourth-order valence-electron chi connectivity index (χ4n) is 1.48. The normalized spacial score (nSPS) is 15.4. The Labute approximate surface area is 106 Å². The van der Waals surface area contributed by atoms with Crippen molar-refractivity contribution in [3.8, 4) is 0 Å². The van der Waals surface area contributed by atoms with Crippen molar-refractivity contribution in [3.05, 3.63) is 0 Å². The van der Waals surface area contributed by atoms with Gasteiger partial charge < -0.3 is 0 Å². The van der Waals surface area contributed by atoms with Crippen molar-refractivity contribution in [2.75, 3.05) is 17.3 Å². The average molecular weight is 266 g/mol. The number of thioether (sulfide) groups is 1. The van der Waals surface area contributed by atoms with Gasteiger partial charge in [0, 0.05) is 5.25 Å². The highest BCUT2D eigenvalue weighted by Gasteiger charge is 2.23. The molecule has 1 atom stereocenters. The molecule has 0 aromatic rings. The second-order valence-electron chi connectivity index (χ2n) is 6.15. The van der Waals surface area contributed by atoms with Crippen LogP contribution < -0.4 is 0 Å². The van der Waals surface area contributed by atoms with Crippen LogP contribution in [0.1, 0.15) is 41.5 Å². The summed E-state index contributed by atoms with van der Waals surface area (Å²) in [5, 5.41) is 0.203. The van der Waals surface area contributed by atoms with E-state index in [-0.39, 0.29) is 16.4 Å². The van der Waals surface area contributed by atoms with Crippen molar-refractivity contribution in [1.82, 2.24) is 0 Å². The molecule has 1 unspecified atom stereocenters. The van der Waals surface area contributed by atoms with Crippen LogP contribution in [0.15, 0.2) is 0 Å². The summed E-state index contributed by atoms with van der Waals surface area (Å²) in [7, 11) is -2.91. The van der Waals surface area contributed by atoms with Crippen molar-refractivity contribution in [3.63, 3.8) is 0 Å². The van der Waals surface area contributed by atoms with Crippen molar-refractivity contribution in [2.45, 2.75) is 46.8 Å². The zero-order valence-electron chi connectivity index (χ0n) is 11.4. The fraction of sp³-hybridized carbons (Fsp3) is 1.00. The maximum absolute atomic E-state index is 11.9. The van der Waals surface area contributed by atoms with Gasteiger partial charge in [0.25, 0.3) is 0 Å². The van der Waals surface area contributed by atoms with Crippen LogP contribution in [0.2, 0.25) is 0 Å². The van der Waals surface area contributed by atoms with Gasteiger partial charge in [0.1, 0.15) is 0 Å². The van der Waals surface area contributed by atoms with Gasteiger partial charge in [-0.1, -0.05) is 41.5 Å². The van der Waals surface area contributed by atoms with Crippen LogP contribution in [0, 0.1) is 11.3 Å². The summed E-state index contributed by atoms with van der Waals surface area (Å²) in [5.41, 5.74) is -0.138. The third-order valence-electron chi connectivity index (χ3n) is 1.86. The maximum Gasteiger partial charge on any atom is 0.151 e. The van der Waals surface area contributed by atoms with E-state index in [4.69, 9.17) is 0 Å². The molecule has 0 N–H and O–H groups in total. The first kappa shape index (κ1) is 16.3. The van der Waals surface area contributed by atoms with E-state index < -0.39 is 9.84 Å². The average Bonchev–Trinajstić information content (AvgIpc) is 1.94. The second-order valence-corrected chi connectivity index (χ2v) is 9.73. The predicted molar refractivity (Wildman–Crippen MR) is 74.9 cm³/mol. The van der Waals surface area contributed by atoms with E-state index in [1.54, 1.807) is 11.8 Å². The number of rotatable bonds is 6. The standard InChI is InChI=1S/C12H26O2S2/c1-10(2)7-15-11(3)8-16(13,14)9-12(4,5)6/h10-11H,7-9H2,1-6H3. The van der Waals surface area contributed by atoms with Crippen LogP contribution in [0.5, 0.6) is 0 Å². The van der Waals surface area contributed by atoms with Gasteiger partial charge in [-0.15, -0.1) is 0 Å². The van der Waals surface area contributed by atoms with E-state index in [9.17, 15) is 8.42 Å². The highest BCUT2D eigenvalue weighted by Crippen LogP contribution is 2.21. The molecule has 0 aliphatic carbocycles. The van der Waals surface area contributed by atoms with E-state index >= 15 is 0 Å². The fourth-order valence-corrected chi connectivity index (χ4v) is 5.35. The molecular weight excluding hydrogens is 240 g/mol. The van der Waals surface area contributed by atoms with Gasteiger partial charge in [0.2, 0.25) is 0 Å². The lowest BCUT2D eigenvalue weighted by atomic mass is 10.0. The first-order valence-corrected chi connectivity index (χ1v) is 8.71. The molecule has 0 fully saturated rings. The summed E-state index contributed by atoms with van der Waals surface area (Å²) in [6.45, 7) is 12.2. The minimum atomic E-state index is -2.91. The van der Waals surface area contributed by atoms with E-state index in [2.05, 4.69) is 13.8 Å². The molecule has 0 heterocycles. The molecular formula is C12H26O2S2. The summed E-state index contributed by atoms with van der Waals surface area (Å²) < 4.78 is 23.8. The molecule has 0 aliphatic rings. The van der Waals surface area contributed by atoms with Crippen LogP contribution in [-0.4, -0.2) is 30.9 Å². The lowest BCUT2D eigenvalue weighted by Crippen LogP contribution is -2.26. The largest absolute Gasteiger partial charge is 0.229 e. The summed E-state index contributed by atoms with van der Waals surface area (Å²) >= 11 is 1.76. The third kappa shape index (κ3) is 9.52. The second kappa shape index (κ2) is 6.29. The summed E-state index contributed by atoms with van der Waals surface area (Å²) in [5.74, 6) is 2.25. The molecule has 0 spiro atoms. The quantitative estimate of drug-likeness (QED) is 0.740. The van der Waals surface area contributed by atoms with Gasteiger partial charge in [-0.3, -0.25) is 0 Å². The molecule has 0 aromatic carbocycles. The van der Waals surface area contributed by atoms with Crippen molar-refractivity contribution in [1.29, 1.82) is 0 Å². The minimum absolute atomic E-state index is 0.138. The number of hydrogen-bond acceptors (Lipinski definition) is 3. The van der Waals surface area contributed by atoms with E-state index in [1.807, 2.05) is 27.7 Å². The molecule has 2 nitrogen and oxygen atoms in total. The van der Waals surface area contributed by atoms with Gasteiger partial charge in [0.05, 0.1) is 11.5 Å². The van der Waals surface area contributed by atoms with Gasteiger partial charge in [-0.25, -0.2) is 8.42 Å². The third-order valence-corrected chi connectivity index (χ3v) is 5.98. The van der Waals surface area contributed by atoms with Crippen LogP contribution in [0.3, 0.4) is 0 Å². The monoisotopic (exact) mass is 266 g/mol. The highest BCUT2D eigenvalue weighted by atomic mass is 32.2. The zero-order chi connectivity index (χ0) is 13.0. The molecule has 0 saturated carbocycles. The molecule has 0 rings (SSSR count). The van der Waals surface area contributed by atoms with Crippen LogP contribution in [-0.2, 0) is 9.84 Å². The lowest BCUT2D eigenvalue weighted by Gasteiger charge is -2.20. The van der Waals surface area contributed by atoms with Gasteiger partial charge in [0.15, 0.2) is 9.84 Å². The molecule has 0 saturated heterocycles. The predicted octanol–water partition coefficient (Wildman–Crippen LogP) is 3.23.